The molecule has 5 rings (SSSR count). The Bertz CT molecular complexity index is 1230. The van der Waals surface area contributed by atoms with Gasteiger partial charge in [-0.1, -0.05) is 29.8 Å². The van der Waals surface area contributed by atoms with E-state index in [1.807, 2.05) is 29.1 Å². The molecule has 1 aromatic carbocycles. The van der Waals surface area contributed by atoms with Crippen LogP contribution in [0.15, 0.2) is 41.8 Å². The molecule has 0 saturated carbocycles. The fourth-order valence-electron chi connectivity index (χ4n) is 4.57. The number of aromatic nitrogens is 3. The number of carbonyl (C=O) groups is 1. The molecule has 0 radical (unpaired) electrons. The standard InChI is InChI=1S/C25H31N7O3/c1-17-4-3-5-18(12-17)20(15-34-2)29-30-22-13-21(31-8-10-35-11-9-31)24-25(28-22)32(16-26-24)14-19-6-7-23(33)27-19/h3-5,12-13,16,19H,6-11,14-15H2,1-2H3,(H,27,33)(H,28,30)/b29-20+. The third kappa shape index (κ3) is 5.28. The van der Waals surface area contributed by atoms with E-state index in [9.17, 15) is 4.79 Å². The van der Waals surface area contributed by atoms with Gasteiger partial charge in [-0.05, 0) is 13.3 Å². The Morgan fingerprint density at radius 3 is 2.91 bits per heavy atom. The molecule has 4 heterocycles. The van der Waals surface area contributed by atoms with Crippen molar-refractivity contribution >= 4 is 34.3 Å². The SMILES string of the molecule is COC/C(=N\Nc1cc(N2CCOCC2)c2ncn(CC3CCC(=O)N3)c2n1)c1cccc(C)c1. The summed E-state index contributed by atoms with van der Waals surface area (Å²) in [5.74, 6) is 0.720. The number of hydrogen-bond acceptors (Lipinski definition) is 8. The van der Waals surface area contributed by atoms with Crippen LogP contribution in [0.3, 0.4) is 0 Å². The number of hydrogen-bond donors (Lipinski definition) is 2. The van der Waals surface area contributed by atoms with E-state index in [1.54, 1.807) is 7.11 Å². The average Bonchev–Trinajstić information content (AvgIpc) is 3.47. The minimum atomic E-state index is 0.0813. The zero-order chi connectivity index (χ0) is 24.2. The highest BCUT2D eigenvalue weighted by Crippen LogP contribution is 2.29. The number of methoxy groups -OCH3 is 1. The number of aryl methyl sites for hydroxylation is 1. The number of morpholine rings is 1. The van der Waals surface area contributed by atoms with Gasteiger partial charge in [0, 0.05) is 50.8 Å². The van der Waals surface area contributed by atoms with Gasteiger partial charge in [-0.15, -0.1) is 0 Å². The van der Waals surface area contributed by atoms with Gasteiger partial charge in [-0.25, -0.2) is 9.97 Å². The molecule has 2 N–H and O–H groups in total. The fraction of sp³-hybridized carbons (Fsp3) is 0.440. The van der Waals surface area contributed by atoms with E-state index in [1.165, 1.54) is 0 Å². The van der Waals surface area contributed by atoms with Crippen LogP contribution in [0.4, 0.5) is 11.5 Å². The third-order valence-electron chi connectivity index (χ3n) is 6.34. The van der Waals surface area contributed by atoms with Crippen LogP contribution in [0.25, 0.3) is 11.2 Å². The minimum absolute atomic E-state index is 0.0813. The average molecular weight is 478 g/mol. The van der Waals surface area contributed by atoms with Crippen molar-refractivity contribution in [3.05, 3.63) is 47.8 Å². The van der Waals surface area contributed by atoms with E-state index in [-0.39, 0.29) is 11.9 Å². The maximum atomic E-state index is 11.7. The van der Waals surface area contributed by atoms with Gasteiger partial charge in [0.2, 0.25) is 5.91 Å². The number of pyridine rings is 1. The number of fused-ring (bicyclic) bond motifs is 1. The predicted octanol–water partition coefficient (Wildman–Crippen LogP) is 2.32. The van der Waals surface area contributed by atoms with Gasteiger partial charge in [0.1, 0.15) is 5.52 Å². The Labute approximate surface area is 204 Å². The van der Waals surface area contributed by atoms with Gasteiger partial charge in [0.15, 0.2) is 11.5 Å². The van der Waals surface area contributed by atoms with Crippen molar-refractivity contribution < 1.29 is 14.3 Å². The van der Waals surface area contributed by atoms with E-state index in [0.29, 0.717) is 38.6 Å². The zero-order valence-electron chi connectivity index (χ0n) is 20.2. The highest BCUT2D eigenvalue weighted by atomic mass is 16.5. The van der Waals surface area contributed by atoms with Gasteiger partial charge in [0.25, 0.3) is 0 Å². The van der Waals surface area contributed by atoms with Crippen molar-refractivity contribution in [2.45, 2.75) is 32.4 Å². The van der Waals surface area contributed by atoms with Crippen LogP contribution in [-0.2, 0) is 20.8 Å². The number of anilines is 2. The summed E-state index contributed by atoms with van der Waals surface area (Å²) < 4.78 is 13.0. The van der Waals surface area contributed by atoms with Gasteiger partial charge < -0.3 is 24.3 Å². The van der Waals surface area contributed by atoms with E-state index in [4.69, 9.17) is 19.4 Å². The van der Waals surface area contributed by atoms with Gasteiger partial charge in [-0.2, -0.15) is 5.10 Å². The molecule has 3 aromatic rings. The summed E-state index contributed by atoms with van der Waals surface area (Å²) in [5, 5.41) is 7.70. The fourth-order valence-corrected chi connectivity index (χ4v) is 4.57. The Kier molecular flexibility index (Phi) is 6.91. The van der Waals surface area contributed by atoms with Crippen molar-refractivity contribution in [3.8, 4) is 0 Å². The summed E-state index contributed by atoms with van der Waals surface area (Å²) >= 11 is 0. The molecular formula is C25H31N7O3. The van der Waals surface area contributed by atoms with Gasteiger partial charge in [-0.3, -0.25) is 10.2 Å². The molecular weight excluding hydrogens is 446 g/mol. The number of ether oxygens (including phenoxy) is 2. The second-order valence-electron chi connectivity index (χ2n) is 8.97. The van der Waals surface area contributed by atoms with Crippen LogP contribution in [0.1, 0.15) is 24.0 Å². The quantitative estimate of drug-likeness (QED) is 0.379. The number of nitrogens with one attached hydrogen (secondary N) is 2. The van der Waals surface area contributed by atoms with Crippen molar-refractivity contribution in [2.24, 2.45) is 5.10 Å². The Balaban J connectivity index is 1.50. The topological polar surface area (TPSA) is 106 Å². The molecule has 35 heavy (non-hydrogen) atoms. The van der Waals surface area contributed by atoms with Crippen molar-refractivity contribution in [2.75, 3.05) is 50.3 Å². The van der Waals surface area contributed by atoms with Crippen LogP contribution < -0.4 is 15.6 Å². The first kappa shape index (κ1) is 23.3. The molecule has 2 fully saturated rings. The van der Waals surface area contributed by atoms with E-state index in [2.05, 4.69) is 39.8 Å². The van der Waals surface area contributed by atoms with Crippen molar-refractivity contribution in [1.29, 1.82) is 0 Å². The van der Waals surface area contributed by atoms with E-state index in [0.717, 1.165) is 53.2 Å². The summed E-state index contributed by atoms with van der Waals surface area (Å²) in [6.07, 6.45) is 3.18. The largest absolute Gasteiger partial charge is 0.378 e. The van der Waals surface area contributed by atoms with E-state index < -0.39 is 0 Å². The zero-order valence-corrected chi connectivity index (χ0v) is 20.2. The second kappa shape index (κ2) is 10.4. The highest BCUT2D eigenvalue weighted by molar-refractivity contribution is 6.02. The van der Waals surface area contributed by atoms with Crippen LogP contribution in [0.2, 0.25) is 0 Å². The second-order valence-corrected chi connectivity index (χ2v) is 8.97. The summed E-state index contributed by atoms with van der Waals surface area (Å²) in [6.45, 7) is 5.96. The maximum Gasteiger partial charge on any atom is 0.220 e. The number of nitrogens with zero attached hydrogens (tertiary/aromatic N) is 5. The van der Waals surface area contributed by atoms with Crippen molar-refractivity contribution in [1.82, 2.24) is 19.9 Å². The molecule has 0 spiro atoms. The molecule has 184 valence electrons. The minimum Gasteiger partial charge on any atom is -0.378 e. The first-order valence-electron chi connectivity index (χ1n) is 12.0. The van der Waals surface area contributed by atoms with Gasteiger partial charge in [0.05, 0.1) is 37.5 Å². The molecule has 1 atom stereocenters. The summed E-state index contributed by atoms with van der Waals surface area (Å²) in [7, 11) is 1.66. The lowest BCUT2D eigenvalue weighted by Gasteiger charge is -2.29. The summed E-state index contributed by atoms with van der Waals surface area (Å²) in [6, 6.07) is 10.2. The van der Waals surface area contributed by atoms with Crippen LogP contribution in [0.5, 0.6) is 0 Å². The number of hydrazone groups is 1. The Hall–Kier alpha value is -3.50. The molecule has 2 aromatic heterocycles. The first-order valence-corrected chi connectivity index (χ1v) is 12.0. The molecule has 1 amide bonds. The molecule has 0 aliphatic carbocycles. The molecule has 2 aliphatic heterocycles. The number of amides is 1. The molecule has 10 nitrogen and oxygen atoms in total. The van der Waals surface area contributed by atoms with Crippen LogP contribution in [-0.4, -0.2) is 72.2 Å². The molecule has 1 unspecified atom stereocenters. The molecule has 10 heteroatoms. The highest BCUT2D eigenvalue weighted by Gasteiger charge is 2.24. The number of imidazole rings is 1. The van der Waals surface area contributed by atoms with Crippen LogP contribution >= 0.6 is 0 Å². The number of rotatable bonds is 8. The van der Waals surface area contributed by atoms with Crippen LogP contribution in [0, 0.1) is 6.92 Å². The predicted molar refractivity (Wildman–Crippen MR) is 135 cm³/mol. The number of carbonyl (C=O) groups excluding carboxylic acids is 1. The van der Waals surface area contributed by atoms with Gasteiger partial charge >= 0.3 is 0 Å². The Morgan fingerprint density at radius 2 is 2.17 bits per heavy atom. The van der Waals surface area contributed by atoms with E-state index >= 15 is 0 Å². The molecule has 2 saturated heterocycles. The summed E-state index contributed by atoms with van der Waals surface area (Å²) in [5.41, 5.74) is 8.69. The third-order valence-corrected chi connectivity index (χ3v) is 6.34. The lowest BCUT2D eigenvalue weighted by atomic mass is 10.1. The molecule has 2 aliphatic rings. The number of benzene rings is 1. The first-order chi connectivity index (χ1) is 17.1. The lowest BCUT2D eigenvalue weighted by molar-refractivity contribution is -0.119. The van der Waals surface area contributed by atoms with Crippen molar-refractivity contribution in [3.63, 3.8) is 0 Å². The normalized spacial score (nSPS) is 18.8. The smallest absolute Gasteiger partial charge is 0.220 e. The lowest BCUT2D eigenvalue weighted by Crippen LogP contribution is -2.36. The monoisotopic (exact) mass is 477 g/mol. The summed E-state index contributed by atoms with van der Waals surface area (Å²) in [4.78, 5) is 23.5. The maximum absolute atomic E-state index is 11.7. The molecule has 0 bridgehead atoms. The Morgan fingerprint density at radius 1 is 1.31 bits per heavy atom.